The molecule has 1 amide bonds. The van der Waals surface area contributed by atoms with Gasteiger partial charge in [0.15, 0.2) is 0 Å². The van der Waals surface area contributed by atoms with Crippen LogP contribution >= 0.6 is 11.8 Å². The van der Waals surface area contributed by atoms with Gasteiger partial charge in [-0.3, -0.25) is 4.79 Å². The number of hydrogen-bond acceptors (Lipinski definition) is 3. The quantitative estimate of drug-likeness (QED) is 0.637. The molecule has 1 aromatic carbocycles. The third kappa shape index (κ3) is 5.33. The van der Waals surface area contributed by atoms with Crippen LogP contribution in [0.5, 0.6) is 0 Å². The molecule has 2 N–H and O–H groups in total. The predicted molar refractivity (Wildman–Crippen MR) is 75.7 cm³/mol. The van der Waals surface area contributed by atoms with Crippen LogP contribution in [-0.2, 0) is 0 Å². The summed E-state index contributed by atoms with van der Waals surface area (Å²) in [4.78, 5) is 11.9. The van der Waals surface area contributed by atoms with Crippen LogP contribution in [-0.4, -0.2) is 36.2 Å². The second-order valence-corrected chi connectivity index (χ2v) is 4.70. The Morgan fingerprint density at radius 2 is 2.32 bits per heavy atom. The minimum Gasteiger partial charge on any atom is -0.395 e. The molecule has 0 spiro atoms. The summed E-state index contributed by atoms with van der Waals surface area (Å²) >= 11 is 1.62. The van der Waals surface area contributed by atoms with Gasteiger partial charge in [-0.1, -0.05) is 11.8 Å². The number of carbonyl (C=O) groups is 1. The first kappa shape index (κ1) is 15.5. The molecule has 19 heavy (non-hydrogen) atoms. The highest BCUT2D eigenvalue weighted by atomic mass is 32.2. The summed E-state index contributed by atoms with van der Waals surface area (Å²) in [6.07, 6.45) is 2.27. The fourth-order valence-corrected chi connectivity index (χ4v) is 1.69. The number of hydrogen-bond donors (Lipinski definition) is 2. The minimum absolute atomic E-state index is 0.0382. The van der Waals surface area contributed by atoms with E-state index in [0.717, 1.165) is 5.75 Å². The number of halogens is 1. The van der Waals surface area contributed by atoms with Gasteiger partial charge in [0.1, 0.15) is 5.82 Å². The van der Waals surface area contributed by atoms with Crippen LogP contribution in [0.15, 0.2) is 18.2 Å². The smallest absolute Gasteiger partial charge is 0.252 e. The first-order chi connectivity index (χ1) is 9.19. The summed E-state index contributed by atoms with van der Waals surface area (Å²) in [6.45, 7) is 0.490. The molecule has 0 saturated heterocycles. The lowest BCUT2D eigenvalue weighted by atomic mass is 10.1. The Labute approximate surface area is 116 Å². The lowest BCUT2D eigenvalue weighted by Crippen LogP contribution is -2.26. The largest absolute Gasteiger partial charge is 0.395 e. The number of thioether (sulfide) groups is 1. The van der Waals surface area contributed by atoms with Crippen LogP contribution in [0.3, 0.4) is 0 Å². The predicted octanol–water partition coefficient (Wildman–Crippen LogP) is 1.65. The van der Waals surface area contributed by atoms with Crippen molar-refractivity contribution in [3.8, 4) is 11.8 Å². The van der Waals surface area contributed by atoms with Crippen molar-refractivity contribution in [2.75, 3.05) is 25.2 Å². The molecule has 0 unspecified atom stereocenters. The molecule has 0 saturated carbocycles. The van der Waals surface area contributed by atoms with E-state index in [1.807, 2.05) is 6.26 Å². The standard InChI is InChI=1S/C14H16FNO2S/c1-19-9-7-16-14(18)13-10-12(15)6-5-11(13)4-2-3-8-17/h5-6,10,17H,3,7-9H2,1H3,(H,16,18). The van der Waals surface area contributed by atoms with Crippen molar-refractivity contribution >= 4 is 17.7 Å². The first-order valence-electron chi connectivity index (χ1n) is 5.85. The normalized spacial score (nSPS) is 9.63. The maximum absolute atomic E-state index is 13.2. The van der Waals surface area contributed by atoms with E-state index in [1.165, 1.54) is 18.2 Å². The van der Waals surface area contributed by atoms with Crippen molar-refractivity contribution in [3.63, 3.8) is 0 Å². The zero-order valence-electron chi connectivity index (χ0n) is 10.7. The number of rotatable bonds is 5. The van der Waals surface area contributed by atoms with Crippen molar-refractivity contribution in [2.24, 2.45) is 0 Å². The Bertz CT molecular complexity index is 494. The summed E-state index contributed by atoms with van der Waals surface area (Å²) in [5.41, 5.74) is 0.697. The zero-order chi connectivity index (χ0) is 14.1. The Hall–Kier alpha value is -1.51. The van der Waals surface area contributed by atoms with E-state index >= 15 is 0 Å². The van der Waals surface area contributed by atoms with Crippen molar-refractivity contribution in [1.29, 1.82) is 0 Å². The average molecular weight is 281 g/mol. The highest BCUT2D eigenvalue weighted by molar-refractivity contribution is 7.98. The van der Waals surface area contributed by atoms with Gasteiger partial charge in [0.05, 0.1) is 12.2 Å². The van der Waals surface area contributed by atoms with E-state index in [-0.39, 0.29) is 18.1 Å². The van der Waals surface area contributed by atoms with Crippen molar-refractivity contribution in [1.82, 2.24) is 5.32 Å². The molecule has 0 aliphatic carbocycles. The van der Waals surface area contributed by atoms with Crippen molar-refractivity contribution < 1.29 is 14.3 Å². The molecule has 102 valence electrons. The Balaban J connectivity index is 2.88. The lowest BCUT2D eigenvalue weighted by Gasteiger charge is -2.06. The highest BCUT2D eigenvalue weighted by Crippen LogP contribution is 2.10. The van der Waals surface area contributed by atoms with Gasteiger partial charge >= 0.3 is 0 Å². The van der Waals surface area contributed by atoms with E-state index in [1.54, 1.807) is 11.8 Å². The highest BCUT2D eigenvalue weighted by Gasteiger charge is 2.10. The number of aliphatic hydroxyl groups excluding tert-OH is 1. The molecule has 0 aliphatic rings. The van der Waals surface area contributed by atoms with Crippen molar-refractivity contribution in [2.45, 2.75) is 6.42 Å². The van der Waals surface area contributed by atoms with Crippen LogP contribution < -0.4 is 5.32 Å². The summed E-state index contributed by atoms with van der Waals surface area (Å²) < 4.78 is 13.2. The van der Waals surface area contributed by atoms with E-state index in [9.17, 15) is 9.18 Å². The second-order valence-electron chi connectivity index (χ2n) is 3.71. The van der Waals surface area contributed by atoms with Gasteiger partial charge in [0.25, 0.3) is 5.91 Å². The van der Waals surface area contributed by atoms with Crippen molar-refractivity contribution in [3.05, 3.63) is 35.1 Å². The molecule has 0 aromatic heterocycles. The minimum atomic E-state index is -0.470. The number of carbonyl (C=O) groups excluding carboxylic acids is 1. The molecule has 0 heterocycles. The van der Waals surface area contributed by atoms with E-state index in [0.29, 0.717) is 18.5 Å². The molecule has 5 heteroatoms. The van der Waals surface area contributed by atoms with E-state index in [4.69, 9.17) is 5.11 Å². The molecule has 0 fully saturated rings. The molecular formula is C14H16FNO2S. The number of nitrogens with one attached hydrogen (secondary N) is 1. The third-order valence-corrected chi connectivity index (χ3v) is 2.89. The second kappa shape index (κ2) is 8.57. The Morgan fingerprint density at radius 1 is 1.53 bits per heavy atom. The third-order valence-electron chi connectivity index (χ3n) is 2.28. The molecule has 1 aromatic rings. The van der Waals surface area contributed by atoms with Gasteiger partial charge in [-0.2, -0.15) is 11.8 Å². The topological polar surface area (TPSA) is 49.3 Å². The summed E-state index contributed by atoms with van der Waals surface area (Å²) in [5, 5.41) is 11.4. The molecule has 0 bridgehead atoms. The molecule has 1 rings (SSSR count). The summed E-state index contributed by atoms with van der Waals surface area (Å²) in [5.74, 6) is 5.49. The van der Waals surface area contributed by atoms with E-state index < -0.39 is 5.82 Å². The average Bonchev–Trinajstić information content (AvgIpc) is 2.40. The SMILES string of the molecule is CSCCNC(=O)c1cc(F)ccc1C#CCCO. The zero-order valence-corrected chi connectivity index (χ0v) is 11.5. The molecule has 0 atom stereocenters. The van der Waals surface area contributed by atoms with Crippen LogP contribution in [0.4, 0.5) is 4.39 Å². The van der Waals surface area contributed by atoms with Gasteiger partial charge in [-0.15, -0.1) is 0 Å². The van der Waals surface area contributed by atoms with Gasteiger partial charge < -0.3 is 10.4 Å². The molecule has 0 radical (unpaired) electrons. The van der Waals surface area contributed by atoms with Gasteiger partial charge in [-0.25, -0.2) is 4.39 Å². The van der Waals surface area contributed by atoms with Crippen LogP contribution in [0.2, 0.25) is 0 Å². The fourth-order valence-electron chi connectivity index (χ4n) is 1.39. The monoisotopic (exact) mass is 281 g/mol. The fraction of sp³-hybridized carbons (Fsp3) is 0.357. The molecule has 3 nitrogen and oxygen atoms in total. The van der Waals surface area contributed by atoms with Gasteiger partial charge in [0, 0.05) is 24.3 Å². The van der Waals surface area contributed by atoms with E-state index in [2.05, 4.69) is 17.2 Å². The van der Waals surface area contributed by atoms with Crippen LogP contribution in [0.1, 0.15) is 22.3 Å². The maximum Gasteiger partial charge on any atom is 0.252 e. The summed E-state index contributed by atoms with van der Waals surface area (Å²) in [7, 11) is 0. The van der Waals surface area contributed by atoms with Gasteiger partial charge in [-0.05, 0) is 24.5 Å². The Morgan fingerprint density at radius 3 is 3.00 bits per heavy atom. The van der Waals surface area contributed by atoms with Crippen LogP contribution in [0, 0.1) is 17.7 Å². The molecular weight excluding hydrogens is 265 g/mol. The number of amides is 1. The number of benzene rings is 1. The first-order valence-corrected chi connectivity index (χ1v) is 7.25. The summed E-state index contributed by atoms with van der Waals surface area (Å²) in [6, 6.07) is 3.92. The van der Waals surface area contributed by atoms with Gasteiger partial charge in [0.2, 0.25) is 0 Å². The maximum atomic E-state index is 13.2. The Kier molecular flexibility index (Phi) is 7.01. The lowest BCUT2D eigenvalue weighted by molar-refractivity contribution is 0.0955. The number of aliphatic hydroxyl groups is 1. The molecule has 0 aliphatic heterocycles. The van der Waals surface area contributed by atoms with Crippen LogP contribution in [0.25, 0.3) is 0 Å².